The lowest BCUT2D eigenvalue weighted by molar-refractivity contribution is -0.274. The van der Waals surface area contributed by atoms with Crippen LogP contribution in [0.4, 0.5) is 13.2 Å². The van der Waals surface area contributed by atoms with Crippen molar-refractivity contribution in [3.63, 3.8) is 0 Å². The molecule has 0 radical (unpaired) electrons. The van der Waals surface area contributed by atoms with Gasteiger partial charge in [-0.25, -0.2) is 0 Å². The van der Waals surface area contributed by atoms with E-state index >= 15 is 0 Å². The number of likely N-dealkylation sites (tertiary alicyclic amines) is 1. The van der Waals surface area contributed by atoms with Gasteiger partial charge in [0.15, 0.2) is 5.72 Å². The Hall–Kier alpha value is -2.29. The molecule has 3 aliphatic rings. The summed E-state index contributed by atoms with van der Waals surface area (Å²) in [6, 6.07) is 4.69. The van der Waals surface area contributed by atoms with E-state index < -0.39 is 29.8 Å². The number of nitrogens with zero attached hydrogens (tertiary/aromatic N) is 2. The van der Waals surface area contributed by atoms with E-state index in [1.165, 1.54) is 23.1 Å². The average Bonchev–Trinajstić information content (AvgIpc) is 3.22. The standard InChI is InChI=1S/C19H21F3N2O4/c1-11(2)13-10-27-18-7-8-23(15(18)9-16(25)24(13)18)17(26)12-5-3-4-6-14(12)28-19(20,21)22/h3-6,11,13,15H,7-10H2,1-2H3/t13-,15+,18-/m0/s1. The minimum absolute atomic E-state index is 0.0617. The number of hydrogen-bond acceptors (Lipinski definition) is 4. The lowest BCUT2D eigenvalue weighted by atomic mass is 10.0. The maximum atomic E-state index is 13.1. The van der Waals surface area contributed by atoms with Crippen molar-refractivity contribution in [2.24, 2.45) is 5.92 Å². The number of halogens is 3. The van der Waals surface area contributed by atoms with E-state index in [0.29, 0.717) is 19.6 Å². The molecule has 0 aliphatic carbocycles. The minimum Gasteiger partial charge on any atom is -0.405 e. The predicted octanol–water partition coefficient (Wildman–Crippen LogP) is 2.78. The summed E-state index contributed by atoms with van der Waals surface area (Å²) in [7, 11) is 0. The van der Waals surface area contributed by atoms with Gasteiger partial charge in [-0.2, -0.15) is 0 Å². The first-order chi connectivity index (χ1) is 13.1. The lowest BCUT2D eigenvalue weighted by Gasteiger charge is -2.34. The SMILES string of the molecule is CC(C)[C@@H]1CO[C@@]23CCN(C(=O)c4ccccc4OC(F)(F)F)[C@@H]2CC(=O)N13. The van der Waals surface area contributed by atoms with Crippen molar-refractivity contribution < 1.29 is 32.2 Å². The molecule has 0 bridgehead atoms. The average molecular weight is 398 g/mol. The fraction of sp³-hybridized carbons (Fsp3) is 0.579. The Balaban J connectivity index is 1.63. The van der Waals surface area contributed by atoms with Crippen LogP contribution in [0.5, 0.6) is 5.75 Å². The van der Waals surface area contributed by atoms with Gasteiger partial charge >= 0.3 is 6.36 Å². The van der Waals surface area contributed by atoms with Gasteiger partial charge in [0.1, 0.15) is 5.75 Å². The summed E-state index contributed by atoms with van der Waals surface area (Å²) in [5.41, 5.74) is -1.05. The molecule has 2 amide bonds. The molecule has 0 N–H and O–H groups in total. The number of carbonyl (C=O) groups is 2. The molecule has 4 rings (SSSR count). The van der Waals surface area contributed by atoms with Crippen LogP contribution in [-0.2, 0) is 9.53 Å². The zero-order valence-electron chi connectivity index (χ0n) is 15.5. The molecule has 3 fully saturated rings. The monoisotopic (exact) mass is 398 g/mol. The molecule has 6 nitrogen and oxygen atoms in total. The number of alkyl halides is 3. The van der Waals surface area contributed by atoms with E-state index in [1.807, 2.05) is 13.8 Å². The van der Waals surface area contributed by atoms with Gasteiger partial charge in [0.25, 0.3) is 5.91 Å². The fourth-order valence-electron chi connectivity index (χ4n) is 4.63. The Kier molecular flexibility index (Phi) is 4.33. The van der Waals surface area contributed by atoms with Gasteiger partial charge in [0.05, 0.1) is 30.7 Å². The molecule has 1 aromatic rings. The van der Waals surface area contributed by atoms with E-state index in [1.54, 1.807) is 4.90 Å². The maximum Gasteiger partial charge on any atom is 0.573 e. The zero-order valence-corrected chi connectivity index (χ0v) is 15.5. The number of amides is 2. The van der Waals surface area contributed by atoms with Gasteiger partial charge in [-0.3, -0.25) is 9.59 Å². The molecule has 0 saturated carbocycles. The van der Waals surface area contributed by atoms with Crippen molar-refractivity contribution in [2.75, 3.05) is 13.2 Å². The lowest BCUT2D eigenvalue weighted by Crippen LogP contribution is -2.51. The quantitative estimate of drug-likeness (QED) is 0.786. The molecule has 1 aromatic carbocycles. The van der Waals surface area contributed by atoms with Crippen molar-refractivity contribution in [3.8, 4) is 5.75 Å². The van der Waals surface area contributed by atoms with E-state index in [-0.39, 0.29) is 29.9 Å². The van der Waals surface area contributed by atoms with Crippen molar-refractivity contribution >= 4 is 11.8 Å². The number of carbonyl (C=O) groups excluding carboxylic acids is 2. The molecule has 1 spiro atoms. The van der Waals surface area contributed by atoms with E-state index in [2.05, 4.69) is 4.74 Å². The van der Waals surface area contributed by atoms with Crippen LogP contribution in [0.1, 0.15) is 37.0 Å². The Morgan fingerprint density at radius 2 is 2.04 bits per heavy atom. The summed E-state index contributed by atoms with van der Waals surface area (Å²) >= 11 is 0. The Bertz CT molecular complexity index is 813. The van der Waals surface area contributed by atoms with Gasteiger partial charge in [-0.1, -0.05) is 26.0 Å². The number of hydrogen-bond donors (Lipinski definition) is 0. The number of para-hydroxylation sites is 1. The van der Waals surface area contributed by atoms with Crippen LogP contribution in [0, 0.1) is 5.92 Å². The molecular formula is C19H21F3N2O4. The highest BCUT2D eigenvalue weighted by Gasteiger charge is 2.65. The molecule has 3 aliphatic heterocycles. The van der Waals surface area contributed by atoms with E-state index in [4.69, 9.17) is 4.74 Å². The maximum absolute atomic E-state index is 13.1. The molecule has 3 heterocycles. The second-order valence-electron chi connectivity index (χ2n) is 7.74. The Labute approximate surface area is 160 Å². The van der Waals surface area contributed by atoms with Crippen LogP contribution in [0.15, 0.2) is 24.3 Å². The fourth-order valence-corrected chi connectivity index (χ4v) is 4.63. The molecule has 0 unspecified atom stereocenters. The molecule has 9 heteroatoms. The van der Waals surface area contributed by atoms with Crippen LogP contribution < -0.4 is 4.74 Å². The first-order valence-corrected chi connectivity index (χ1v) is 9.26. The number of benzene rings is 1. The zero-order chi connectivity index (χ0) is 20.3. The van der Waals surface area contributed by atoms with Gasteiger partial charge in [-0.15, -0.1) is 13.2 Å². The van der Waals surface area contributed by atoms with Crippen LogP contribution in [-0.4, -0.2) is 58.9 Å². The summed E-state index contributed by atoms with van der Waals surface area (Å²) in [5.74, 6) is -1.02. The second-order valence-corrected chi connectivity index (χ2v) is 7.74. The third-order valence-corrected chi connectivity index (χ3v) is 5.86. The molecular weight excluding hydrogens is 377 g/mol. The van der Waals surface area contributed by atoms with Crippen molar-refractivity contribution in [2.45, 2.75) is 50.9 Å². The molecule has 28 heavy (non-hydrogen) atoms. The van der Waals surface area contributed by atoms with Crippen molar-refractivity contribution in [3.05, 3.63) is 29.8 Å². The topological polar surface area (TPSA) is 59.1 Å². The minimum atomic E-state index is -4.90. The summed E-state index contributed by atoms with van der Waals surface area (Å²) in [4.78, 5) is 29.0. The largest absolute Gasteiger partial charge is 0.573 e. The first-order valence-electron chi connectivity index (χ1n) is 9.26. The highest BCUT2D eigenvalue weighted by Crippen LogP contribution is 2.49. The molecule has 3 saturated heterocycles. The van der Waals surface area contributed by atoms with Crippen LogP contribution >= 0.6 is 0 Å². The van der Waals surface area contributed by atoms with Gasteiger partial charge < -0.3 is 19.3 Å². The molecule has 152 valence electrons. The second kappa shape index (κ2) is 6.37. The third kappa shape index (κ3) is 2.83. The van der Waals surface area contributed by atoms with Gasteiger partial charge in [-0.05, 0) is 18.1 Å². The highest BCUT2D eigenvalue weighted by molar-refractivity contribution is 5.98. The van der Waals surface area contributed by atoms with Gasteiger partial charge in [0.2, 0.25) is 5.91 Å². The Morgan fingerprint density at radius 1 is 1.32 bits per heavy atom. The normalized spacial score (nSPS) is 29.4. The Morgan fingerprint density at radius 3 is 2.71 bits per heavy atom. The molecule has 0 aromatic heterocycles. The summed E-state index contributed by atoms with van der Waals surface area (Å²) in [6.45, 7) is 4.72. The van der Waals surface area contributed by atoms with E-state index in [0.717, 1.165) is 6.07 Å². The summed E-state index contributed by atoms with van der Waals surface area (Å²) < 4.78 is 48.2. The van der Waals surface area contributed by atoms with Crippen molar-refractivity contribution in [1.29, 1.82) is 0 Å². The predicted molar refractivity (Wildman–Crippen MR) is 91.3 cm³/mol. The van der Waals surface area contributed by atoms with Crippen molar-refractivity contribution in [1.82, 2.24) is 9.80 Å². The smallest absolute Gasteiger partial charge is 0.405 e. The third-order valence-electron chi connectivity index (χ3n) is 5.86. The number of rotatable bonds is 3. The highest BCUT2D eigenvalue weighted by atomic mass is 19.4. The van der Waals surface area contributed by atoms with Crippen LogP contribution in [0.2, 0.25) is 0 Å². The van der Waals surface area contributed by atoms with Crippen LogP contribution in [0.3, 0.4) is 0 Å². The van der Waals surface area contributed by atoms with E-state index in [9.17, 15) is 22.8 Å². The summed E-state index contributed by atoms with van der Waals surface area (Å²) in [5, 5.41) is 0. The van der Waals surface area contributed by atoms with Crippen LogP contribution in [0.25, 0.3) is 0 Å². The number of ether oxygens (including phenoxy) is 2. The molecule has 3 atom stereocenters. The van der Waals surface area contributed by atoms with Gasteiger partial charge in [0, 0.05) is 13.0 Å². The first kappa shape index (κ1) is 19.0. The summed E-state index contributed by atoms with van der Waals surface area (Å²) in [6.07, 6.45) is -4.35.